The first-order valence-corrected chi connectivity index (χ1v) is 13.1. The van der Waals surface area contributed by atoms with Crippen LogP contribution in [0.5, 0.6) is 0 Å². The Bertz CT molecular complexity index is 1270. The summed E-state index contributed by atoms with van der Waals surface area (Å²) in [6.45, 7) is 3.33. The molecular formula is C29H32N4O3. The standard InChI is InChI=1S/C29H32N4O3/c34-29(33-16-14-32(15-17-33)23-4-2-1-3-5-23)27-19-25(20-10-12-30-13-11-20)28(36-27)22-6-8-24-21(18-22)7-9-26(24)31-35/h6,8,10-13,18-19,23,35H,1-5,7,9,14-17H2. The van der Waals surface area contributed by atoms with Gasteiger partial charge in [0.25, 0.3) is 5.91 Å². The van der Waals surface area contributed by atoms with Crippen LogP contribution < -0.4 is 0 Å². The quantitative estimate of drug-likeness (QED) is 0.405. The largest absolute Gasteiger partial charge is 0.450 e. The molecule has 1 saturated carbocycles. The normalized spacial score (nSPS) is 20.1. The van der Waals surface area contributed by atoms with E-state index in [1.165, 1.54) is 32.1 Å². The Balaban J connectivity index is 1.27. The van der Waals surface area contributed by atoms with Gasteiger partial charge in [0.1, 0.15) is 5.76 Å². The molecule has 36 heavy (non-hydrogen) atoms. The maximum atomic E-state index is 13.5. The Morgan fingerprint density at radius 1 is 0.917 bits per heavy atom. The lowest BCUT2D eigenvalue weighted by molar-refractivity contribution is 0.0498. The molecule has 3 heterocycles. The van der Waals surface area contributed by atoms with Gasteiger partial charge in [-0.15, -0.1) is 0 Å². The molecule has 7 heteroatoms. The molecule has 7 nitrogen and oxygen atoms in total. The molecule has 3 aliphatic rings. The number of pyridine rings is 1. The average molecular weight is 485 g/mol. The summed E-state index contributed by atoms with van der Waals surface area (Å²) in [4.78, 5) is 22.2. The summed E-state index contributed by atoms with van der Waals surface area (Å²) in [7, 11) is 0. The molecule has 6 rings (SSSR count). The number of carbonyl (C=O) groups excluding carboxylic acids is 1. The molecule has 186 valence electrons. The minimum atomic E-state index is -0.0456. The lowest BCUT2D eigenvalue weighted by atomic mass is 9.94. The van der Waals surface area contributed by atoms with Crippen LogP contribution in [0.1, 0.15) is 60.2 Å². The number of furan rings is 1. The topological polar surface area (TPSA) is 82.2 Å². The number of carbonyl (C=O) groups is 1. The van der Waals surface area contributed by atoms with Gasteiger partial charge in [0.2, 0.25) is 0 Å². The molecule has 2 aliphatic carbocycles. The van der Waals surface area contributed by atoms with Crippen molar-refractivity contribution < 1.29 is 14.4 Å². The van der Waals surface area contributed by atoms with Crippen molar-refractivity contribution in [2.45, 2.75) is 51.0 Å². The summed E-state index contributed by atoms with van der Waals surface area (Å²) >= 11 is 0. The van der Waals surface area contributed by atoms with E-state index in [1.807, 2.05) is 35.2 Å². The molecule has 0 atom stereocenters. The third-order valence-electron chi connectivity index (χ3n) is 8.06. The summed E-state index contributed by atoms with van der Waals surface area (Å²) in [6, 6.07) is 12.5. The van der Waals surface area contributed by atoms with E-state index >= 15 is 0 Å². The van der Waals surface area contributed by atoms with E-state index in [-0.39, 0.29) is 5.91 Å². The molecule has 0 spiro atoms. The maximum absolute atomic E-state index is 13.5. The predicted molar refractivity (Wildman–Crippen MR) is 138 cm³/mol. The zero-order valence-electron chi connectivity index (χ0n) is 20.5. The number of benzene rings is 1. The molecule has 0 unspecified atom stereocenters. The highest BCUT2D eigenvalue weighted by Gasteiger charge is 2.30. The van der Waals surface area contributed by atoms with Crippen molar-refractivity contribution in [1.82, 2.24) is 14.8 Å². The van der Waals surface area contributed by atoms with Crippen molar-refractivity contribution in [2.75, 3.05) is 26.2 Å². The summed E-state index contributed by atoms with van der Waals surface area (Å²) < 4.78 is 6.32. The SMILES string of the molecule is O=C(c1cc(-c2ccncc2)c(-c2ccc3c(c2)CCC3=NO)o1)N1CCN(C2CCCCC2)CC1. The fourth-order valence-electron chi connectivity index (χ4n) is 6.06. The number of oxime groups is 1. The first-order valence-electron chi connectivity index (χ1n) is 13.1. The van der Waals surface area contributed by atoms with Crippen LogP contribution in [-0.2, 0) is 6.42 Å². The van der Waals surface area contributed by atoms with Gasteiger partial charge in [0.05, 0.1) is 5.71 Å². The fourth-order valence-corrected chi connectivity index (χ4v) is 6.06. The molecular weight excluding hydrogens is 452 g/mol. The van der Waals surface area contributed by atoms with Gasteiger partial charge in [0, 0.05) is 61.3 Å². The molecule has 1 amide bonds. The predicted octanol–water partition coefficient (Wildman–Crippen LogP) is 5.22. The first-order chi connectivity index (χ1) is 17.7. The Labute approximate surface area is 211 Å². The van der Waals surface area contributed by atoms with Crippen LogP contribution in [0.2, 0.25) is 0 Å². The molecule has 1 aliphatic heterocycles. The van der Waals surface area contributed by atoms with Gasteiger partial charge in [-0.2, -0.15) is 0 Å². The highest BCUT2D eigenvalue weighted by molar-refractivity contribution is 6.04. The van der Waals surface area contributed by atoms with E-state index in [0.29, 0.717) is 23.3 Å². The third kappa shape index (κ3) is 4.32. The van der Waals surface area contributed by atoms with E-state index in [2.05, 4.69) is 21.1 Å². The van der Waals surface area contributed by atoms with Crippen LogP contribution in [-0.4, -0.2) is 63.8 Å². The van der Waals surface area contributed by atoms with Crippen LogP contribution >= 0.6 is 0 Å². The summed E-state index contributed by atoms with van der Waals surface area (Å²) in [5.41, 5.74) is 5.59. The smallest absolute Gasteiger partial charge is 0.289 e. The highest BCUT2D eigenvalue weighted by atomic mass is 16.4. The van der Waals surface area contributed by atoms with Gasteiger partial charge in [-0.05, 0) is 61.1 Å². The summed E-state index contributed by atoms with van der Waals surface area (Å²) in [5.74, 6) is 1.01. The van der Waals surface area contributed by atoms with Crippen molar-refractivity contribution in [3.63, 3.8) is 0 Å². The first kappa shape index (κ1) is 23.0. The zero-order chi connectivity index (χ0) is 24.5. The molecule has 1 saturated heterocycles. The van der Waals surface area contributed by atoms with Crippen molar-refractivity contribution in [3.8, 4) is 22.5 Å². The number of aryl methyl sites for hydroxylation is 1. The van der Waals surface area contributed by atoms with Crippen molar-refractivity contribution in [3.05, 3.63) is 65.7 Å². The minimum absolute atomic E-state index is 0.0456. The van der Waals surface area contributed by atoms with Crippen molar-refractivity contribution >= 4 is 11.6 Å². The number of hydrogen-bond acceptors (Lipinski definition) is 6. The van der Waals surface area contributed by atoms with Crippen molar-refractivity contribution in [1.29, 1.82) is 0 Å². The lowest BCUT2D eigenvalue weighted by Gasteiger charge is -2.40. The maximum Gasteiger partial charge on any atom is 0.289 e. The molecule has 0 bridgehead atoms. The number of piperazine rings is 1. The van der Waals surface area contributed by atoms with E-state index < -0.39 is 0 Å². The van der Waals surface area contributed by atoms with Gasteiger partial charge in [-0.1, -0.05) is 36.6 Å². The fraction of sp³-hybridized carbons (Fsp3) is 0.414. The van der Waals surface area contributed by atoms with Crippen LogP contribution in [0.4, 0.5) is 0 Å². The van der Waals surface area contributed by atoms with Crippen LogP contribution in [0, 0.1) is 0 Å². The van der Waals surface area contributed by atoms with E-state index in [4.69, 9.17) is 4.42 Å². The number of fused-ring (bicyclic) bond motifs is 1. The highest BCUT2D eigenvalue weighted by Crippen LogP contribution is 2.37. The van der Waals surface area contributed by atoms with Crippen LogP contribution in [0.15, 0.2) is 58.4 Å². The average Bonchev–Trinajstić information content (AvgIpc) is 3.58. The van der Waals surface area contributed by atoms with Gasteiger partial charge in [-0.25, -0.2) is 0 Å². The zero-order valence-corrected chi connectivity index (χ0v) is 20.5. The minimum Gasteiger partial charge on any atom is -0.450 e. The Hall–Kier alpha value is -3.45. The van der Waals surface area contributed by atoms with Gasteiger partial charge < -0.3 is 14.5 Å². The Morgan fingerprint density at radius 2 is 1.69 bits per heavy atom. The summed E-state index contributed by atoms with van der Waals surface area (Å²) in [6.07, 6.45) is 11.6. The molecule has 3 aromatic rings. The van der Waals surface area contributed by atoms with Crippen molar-refractivity contribution in [2.24, 2.45) is 5.16 Å². The van der Waals surface area contributed by atoms with Gasteiger partial charge in [-0.3, -0.25) is 14.7 Å². The summed E-state index contributed by atoms with van der Waals surface area (Å²) in [5, 5.41) is 12.7. The number of amides is 1. The molecule has 1 N–H and O–H groups in total. The number of hydrogen-bond donors (Lipinski definition) is 1. The van der Waals surface area contributed by atoms with E-state index in [9.17, 15) is 10.0 Å². The lowest BCUT2D eigenvalue weighted by Crippen LogP contribution is -2.52. The number of aromatic nitrogens is 1. The third-order valence-corrected chi connectivity index (χ3v) is 8.06. The van der Waals surface area contributed by atoms with E-state index in [0.717, 1.165) is 66.8 Å². The molecule has 2 aromatic heterocycles. The number of nitrogens with zero attached hydrogens (tertiary/aromatic N) is 4. The molecule has 1 aromatic carbocycles. The molecule has 2 fully saturated rings. The van der Waals surface area contributed by atoms with Gasteiger partial charge in [0.15, 0.2) is 5.76 Å². The monoisotopic (exact) mass is 484 g/mol. The second-order valence-corrected chi connectivity index (χ2v) is 10.1. The van der Waals surface area contributed by atoms with E-state index in [1.54, 1.807) is 12.4 Å². The number of rotatable bonds is 4. The van der Waals surface area contributed by atoms with Crippen LogP contribution in [0.25, 0.3) is 22.5 Å². The Morgan fingerprint density at radius 3 is 2.44 bits per heavy atom. The second kappa shape index (κ2) is 9.90. The second-order valence-electron chi connectivity index (χ2n) is 10.1. The molecule has 0 radical (unpaired) electrons. The van der Waals surface area contributed by atoms with Crippen LogP contribution in [0.3, 0.4) is 0 Å². The van der Waals surface area contributed by atoms with Gasteiger partial charge >= 0.3 is 0 Å². The Kier molecular flexibility index (Phi) is 6.32.